The Morgan fingerprint density at radius 3 is 2.50 bits per heavy atom. The average Bonchev–Trinajstić information content (AvgIpc) is 2.51. The number of pyridine rings is 1. The molecular weight excluding hydrogens is 308 g/mol. The van der Waals surface area contributed by atoms with E-state index >= 15 is 0 Å². The number of amides is 1. The van der Waals surface area contributed by atoms with Crippen molar-refractivity contribution in [1.29, 1.82) is 0 Å². The molecule has 22 heavy (non-hydrogen) atoms. The zero-order valence-corrected chi connectivity index (χ0v) is 12.7. The van der Waals surface area contributed by atoms with Gasteiger partial charge in [-0.2, -0.15) is 0 Å². The van der Waals surface area contributed by atoms with Gasteiger partial charge in [0.15, 0.2) is 0 Å². The van der Waals surface area contributed by atoms with Gasteiger partial charge in [-0.05, 0) is 24.3 Å². The van der Waals surface area contributed by atoms with Crippen LogP contribution in [0.15, 0.2) is 41.3 Å². The molecule has 1 aromatic carbocycles. The van der Waals surface area contributed by atoms with Crippen LogP contribution in [0.4, 0.5) is 5.69 Å². The first-order valence-corrected chi connectivity index (χ1v) is 6.66. The Hall–Kier alpha value is -2.60. The number of hydrogen-bond donors (Lipinski definition) is 1. The topological polar surface area (TPSA) is 77.4 Å². The maximum Gasteiger partial charge on any atom is 0.337 e. The lowest BCUT2D eigenvalue weighted by Gasteiger charge is -2.09. The van der Waals surface area contributed by atoms with Crippen LogP contribution in [0.1, 0.15) is 20.7 Å². The van der Waals surface area contributed by atoms with Crippen molar-refractivity contribution in [2.45, 2.75) is 0 Å². The summed E-state index contributed by atoms with van der Waals surface area (Å²) < 4.78 is 5.91. The number of halogens is 1. The van der Waals surface area contributed by atoms with Gasteiger partial charge in [-0.1, -0.05) is 11.6 Å². The van der Waals surface area contributed by atoms with E-state index in [4.69, 9.17) is 11.6 Å². The minimum absolute atomic E-state index is 0.220. The predicted molar refractivity (Wildman–Crippen MR) is 82.4 cm³/mol. The van der Waals surface area contributed by atoms with Gasteiger partial charge in [0.25, 0.3) is 5.91 Å². The fraction of sp³-hybridized carbons (Fsp3) is 0.133. The molecule has 0 radical (unpaired) electrons. The van der Waals surface area contributed by atoms with Crippen LogP contribution in [0.25, 0.3) is 0 Å². The van der Waals surface area contributed by atoms with Gasteiger partial charge in [-0.15, -0.1) is 0 Å². The van der Waals surface area contributed by atoms with Crippen molar-refractivity contribution >= 4 is 29.2 Å². The smallest absolute Gasteiger partial charge is 0.337 e. The first-order valence-electron chi connectivity index (χ1n) is 6.28. The van der Waals surface area contributed by atoms with Crippen molar-refractivity contribution < 1.29 is 14.3 Å². The maximum atomic E-state index is 12.2. The van der Waals surface area contributed by atoms with Crippen LogP contribution in [-0.2, 0) is 11.8 Å². The second-order valence-corrected chi connectivity index (χ2v) is 4.91. The number of rotatable bonds is 3. The molecule has 0 saturated carbocycles. The summed E-state index contributed by atoms with van der Waals surface area (Å²) in [5.74, 6) is -0.978. The zero-order valence-electron chi connectivity index (χ0n) is 11.9. The highest BCUT2D eigenvalue weighted by atomic mass is 35.5. The Morgan fingerprint density at radius 2 is 1.86 bits per heavy atom. The highest BCUT2D eigenvalue weighted by Gasteiger charge is 2.13. The lowest BCUT2D eigenvalue weighted by molar-refractivity contribution is 0.0600. The van der Waals surface area contributed by atoms with E-state index in [0.717, 1.165) is 0 Å². The molecule has 1 heterocycles. The normalized spacial score (nSPS) is 10.1. The number of methoxy groups -OCH3 is 1. The molecule has 0 aliphatic rings. The molecule has 1 N–H and O–H groups in total. The van der Waals surface area contributed by atoms with Crippen molar-refractivity contribution in [2.75, 3.05) is 12.4 Å². The molecule has 0 unspecified atom stereocenters. The van der Waals surface area contributed by atoms with Crippen molar-refractivity contribution in [2.24, 2.45) is 7.05 Å². The van der Waals surface area contributed by atoms with Gasteiger partial charge in [-0.25, -0.2) is 4.79 Å². The number of ether oxygens (including phenoxy) is 1. The molecule has 0 aliphatic carbocycles. The largest absolute Gasteiger partial charge is 0.465 e. The lowest BCUT2D eigenvalue weighted by atomic mass is 10.2. The molecule has 0 atom stereocenters. The van der Waals surface area contributed by atoms with Gasteiger partial charge in [-0.3, -0.25) is 9.59 Å². The minimum Gasteiger partial charge on any atom is -0.465 e. The fourth-order valence-corrected chi connectivity index (χ4v) is 1.95. The summed E-state index contributed by atoms with van der Waals surface area (Å²) in [6.07, 6.45) is 1.41. The Morgan fingerprint density at radius 1 is 1.18 bits per heavy atom. The van der Waals surface area contributed by atoms with Crippen molar-refractivity contribution in [1.82, 2.24) is 4.57 Å². The molecule has 6 nitrogen and oxygen atoms in total. The van der Waals surface area contributed by atoms with Crippen LogP contribution < -0.4 is 10.9 Å². The number of carbonyl (C=O) groups is 2. The SMILES string of the molecule is COC(=O)c1ccc(Cl)c(NC(=O)c2ccc(=O)n(C)c2)c1. The third kappa shape index (κ3) is 3.35. The quantitative estimate of drug-likeness (QED) is 0.878. The van der Waals surface area contributed by atoms with Crippen LogP contribution in [0.3, 0.4) is 0 Å². The van der Waals surface area contributed by atoms with Crippen LogP contribution in [0, 0.1) is 0 Å². The number of hydrogen-bond acceptors (Lipinski definition) is 4. The highest BCUT2D eigenvalue weighted by molar-refractivity contribution is 6.34. The minimum atomic E-state index is -0.533. The third-order valence-corrected chi connectivity index (χ3v) is 3.31. The molecule has 2 rings (SSSR count). The summed E-state index contributed by atoms with van der Waals surface area (Å²) in [6.45, 7) is 0. The summed E-state index contributed by atoms with van der Waals surface area (Å²) in [7, 11) is 2.81. The number of benzene rings is 1. The number of aromatic nitrogens is 1. The standard InChI is InChI=1S/C15H13ClN2O4/c1-18-8-10(4-6-13(18)19)14(20)17-12-7-9(15(21)22-2)3-5-11(12)16/h3-8H,1-2H3,(H,17,20). The first kappa shape index (κ1) is 15.8. The van der Waals surface area contributed by atoms with Crippen LogP contribution in [0.5, 0.6) is 0 Å². The maximum absolute atomic E-state index is 12.2. The molecule has 0 spiro atoms. The Balaban J connectivity index is 2.29. The van der Waals surface area contributed by atoms with E-state index in [2.05, 4.69) is 10.1 Å². The second-order valence-electron chi connectivity index (χ2n) is 4.51. The van der Waals surface area contributed by atoms with Crippen molar-refractivity contribution in [3.8, 4) is 0 Å². The summed E-state index contributed by atoms with van der Waals surface area (Å²) in [5.41, 5.74) is 0.620. The van der Waals surface area contributed by atoms with Gasteiger partial charge >= 0.3 is 5.97 Å². The number of aryl methyl sites for hydroxylation is 1. The Bertz CT molecular complexity index is 798. The molecular formula is C15H13ClN2O4. The molecule has 1 amide bonds. The van der Waals surface area contributed by atoms with E-state index in [1.165, 1.54) is 48.2 Å². The Labute approximate surface area is 131 Å². The average molecular weight is 321 g/mol. The zero-order chi connectivity index (χ0) is 16.3. The van der Waals surface area contributed by atoms with Crippen LogP contribution >= 0.6 is 11.6 Å². The number of anilines is 1. The molecule has 0 saturated heterocycles. The van der Waals surface area contributed by atoms with E-state index in [-0.39, 0.29) is 21.8 Å². The van der Waals surface area contributed by atoms with Crippen molar-refractivity contribution in [3.63, 3.8) is 0 Å². The first-order chi connectivity index (χ1) is 10.4. The molecule has 7 heteroatoms. The summed E-state index contributed by atoms with van der Waals surface area (Å²) in [4.78, 5) is 35.0. The summed E-state index contributed by atoms with van der Waals surface area (Å²) in [6, 6.07) is 7.12. The second kappa shape index (κ2) is 6.44. The number of carbonyl (C=O) groups excluding carboxylic acids is 2. The van der Waals surface area contributed by atoms with E-state index in [9.17, 15) is 14.4 Å². The van der Waals surface area contributed by atoms with E-state index in [0.29, 0.717) is 5.56 Å². The highest BCUT2D eigenvalue weighted by Crippen LogP contribution is 2.24. The van der Waals surface area contributed by atoms with Crippen LogP contribution in [0.2, 0.25) is 5.02 Å². The Kier molecular flexibility index (Phi) is 4.62. The van der Waals surface area contributed by atoms with E-state index in [1.807, 2.05) is 0 Å². The molecule has 2 aromatic rings. The van der Waals surface area contributed by atoms with Crippen molar-refractivity contribution in [3.05, 3.63) is 63.0 Å². The monoisotopic (exact) mass is 320 g/mol. The fourth-order valence-electron chi connectivity index (χ4n) is 1.79. The molecule has 0 bridgehead atoms. The van der Waals surface area contributed by atoms with Gasteiger partial charge in [0.2, 0.25) is 5.56 Å². The summed E-state index contributed by atoms with van der Waals surface area (Å²) >= 11 is 6.01. The third-order valence-electron chi connectivity index (χ3n) is 2.98. The number of nitrogens with zero attached hydrogens (tertiary/aromatic N) is 1. The number of nitrogens with one attached hydrogen (secondary N) is 1. The molecule has 0 aliphatic heterocycles. The molecule has 114 valence electrons. The van der Waals surface area contributed by atoms with E-state index < -0.39 is 11.9 Å². The summed E-state index contributed by atoms with van der Waals surface area (Å²) in [5, 5.41) is 2.88. The lowest BCUT2D eigenvalue weighted by Crippen LogP contribution is -2.19. The van der Waals surface area contributed by atoms with Gasteiger partial charge < -0.3 is 14.6 Å². The van der Waals surface area contributed by atoms with Gasteiger partial charge in [0.1, 0.15) is 0 Å². The molecule has 0 fully saturated rings. The van der Waals surface area contributed by atoms with E-state index in [1.54, 1.807) is 7.05 Å². The van der Waals surface area contributed by atoms with Gasteiger partial charge in [0.05, 0.1) is 28.9 Å². The molecule has 1 aromatic heterocycles. The number of esters is 1. The van der Waals surface area contributed by atoms with Gasteiger partial charge in [0, 0.05) is 19.3 Å². The van der Waals surface area contributed by atoms with Crippen LogP contribution in [-0.4, -0.2) is 23.6 Å². The predicted octanol–water partition coefficient (Wildman–Crippen LogP) is 2.08.